The average Bonchev–Trinajstić information content (AvgIpc) is 1.83. The van der Waals surface area contributed by atoms with E-state index in [-0.39, 0.29) is 12.6 Å². The topological polar surface area (TPSA) is 69.4 Å². The molecule has 0 aromatic heterocycles. The van der Waals surface area contributed by atoms with Crippen LogP contribution in [0.3, 0.4) is 0 Å². The molecule has 0 fully saturated rings. The molecular formula is C6H15NO3S. The van der Waals surface area contributed by atoms with E-state index in [0.717, 1.165) is 19.1 Å². The molecule has 4 nitrogen and oxygen atoms in total. The van der Waals surface area contributed by atoms with Crippen molar-refractivity contribution in [1.29, 1.82) is 0 Å². The molecule has 0 aliphatic carbocycles. The van der Waals surface area contributed by atoms with Crippen molar-refractivity contribution in [2.45, 2.75) is 25.8 Å². The van der Waals surface area contributed by atoms with Crippen molar-refractivity contribution in [3.05, 3.63) is 0 Å². The van der Waals surface area contributed by atoms with Crippen LogP contribution in [0.25, 0.3) is 0 Å². The smallest absolute Gasteiger partial charge is 0.264 e. The fourth-order valence-electron chi connectivity index (χ4n) is 0.665. The Labute approximate surface area is 67.9 Å². The highest BCUT2D eigenvalue weighted by molar-refractivity contribution is 7.85. The predicted octanol–water partition coefficient (Wildman–Crippen LogP) is 0.0900. The van der Waals surface area contributed by atoms with Crippen LogP contribution in [0.15, 0.2) is 0 Å². The zero-order chi connectivity index (χ0) is 8.91. The zero-order valence-corrected chi connectivity index (χ0v) is 7.73. The zero-order valence-electron chi connectivity index (χ0n) is 6.91. The first kappa shape index (κ1) is 10.9. The van der Waals surface area contributed by atoms with Crippen LogP contribution in [0.5, 0.6) is 0 Å². The van der Waals surface area contributed by atoms with Gasteiger partial charge in [-0.05, 0) is 6.42 Å². The van der Waals surface area contributed by atoms with E-state index in [0.29, 0.717) is 0 Å². The summed E-state index contributed by atoms with van der Waals surface area (Å²) in [6.07, 6.45) is 2.75. The average molecular weight is 181 g/mol. The quantitative estimate of drug-likeness (QED) is 0.610. The fourth-order valence-corrected chi connectivity index (χ4v) is 1.09. The number of nitrogens with two attached hydrogens (primary N) is 1. The van der Waals surface area contributed by atoms with Crippen LogP contribution in [0.4, 0.5) is 0 Å². The standard InChI is InChI=1S/C6H15NO3S/c1-3-4-6(7)5-10-11(2,8)9/h6H,3-5,7H2,1-2H3. The van der Waals surface area contributed by atoms with Gasteiger partial charge in [0.1, 0.15) is 0 Å². The molecule has 0 rings (SSSR count). The molecular weight excluding hydrogens is 166 g/mol. The molecule has 0 saturated carbocycles. The Morgan fingerprint density at radius 1 is 1.55 bits per heavy atom. The van der Waals surface area contributed by atoms with Gasteiger partial charge in [0, 0.05) is 6.04 Å². The van der Waals surface area contributed by atoms with Gasteiger partial charge in [-0.1, -0.05) is 13.3 Å². The van der Waals surface area contributed by atoms with Gasteiger partial charge >= 0.3 is 0 Å². The minimum atomic E-state index is -3.32. The molecule has 0 aromatic rings. The van der Waals surface area contributed by atoms with E-state index in [2.05, 4.69) is 4.18 Å². The van der Waals surface area contributed by atoms with Gasteiger partial charge < -0.3 is 5.73 Å². The number of hydrogen-bond acceptors (Lipinski definition) is 4. The number of hydrogen-bond donors (Lipinski definition) is 1. The lowest BCUT2D eigenvalue weighted by Gasteiger charge is -2.08. The molecule has 0 radical (unpaired) electrons. The van der Waals surface area contributed by atoms with E-state index in [1.54, 1.807) is 0 Å². The van der Waals surface area contributed by atoms with E-state index in [9.17, 15) is 8.42 Å². The van der Waals surface area contributed by atoms with Crippen molar-refractivity contribution >= 4 is 10.1 Å². The second-order valence-electron chi connectivity index (χ2n) is 2.54. The Morgan fingerprint density at radius 2 is 2.09 bits per heavy atom. The first-order valence-electron chi connectivity index (χ1n) is 3.55. The van der Waals surface area contributed by atoms with Crippen LogP contribution in [-0.2, 0) is 14.3 Å². The molecule has 0 aliphatic rings. The van der Waals surface area contributed by atoms with Gasteiger partial charge in [0.25, 0.3) is 10.1 Å². The highest BCUT2D eigenvalue weighted by Gasteiger charge is 2.06. The molecule has 0 aromatic carbocycles. The van der Waals surface area contributed by atoms with Crippen LogP contribution in [0.1, 0.15) is 19.8 Å². The summed E-state index contributed by atoms with van der Waals surface area (Å²) in [7, 11) is -3.32. The molecule has 0 bridgehead atoms. The molecule has 68 valence electrons. The third-order valence-electron chi connectivity index (χ3n) is 1.16. The van der Waals surface area contributed by atoms with Crippen molar-refractivity contribution in [3.8, 4) is 0 Å². The molecule has 2 N–H and O–H groups in total. The van der Waals surface area contributed by atoms with Crippen molar-refractivity contribution in [2.75, 3.05) is 12.9 Å². The van der Waals surface area contributed by atoms with Crippen molar-refractivity contribution in [1.82, 2.24) is 0 Å². The Hall–Kier alpha value is -0.130. The first-order chi connectivity index (χ1) is 4.95. The second kappa shape index (κ2) is 4.69. The van der Waals surface area contributed by atoms with Gasteiger partial charge in [-0.25, -0.2) is 0 Å². The van der Waals surface area contributed by atoms with E-state index in [1.165, 1.54) is 0 Å². The van der Waals surface area contributed by atoms with E-state index < -0.39 is 10.1 Å². The summed E-state index contributed by atoms with van der Waals surface area (Å²) in [4.78, 5) is 0. The molecule has 0 heterocycles. The summed E-state index contributed by atoms with van der Waals surface area (Å²) in [6.45, 7) is 2.08. The summed E-state index contributed by atoms with van der Waals surface area (Å²) in [5.74, 6) is 0. The number of rotatable bonds is 5. The largest absolute Gasteiger partial charge is 0.326 e. The summed E-state index contributed by atoms with van der Waals surface area (Å²) >= 11 is 0. The van der Waals surface area contributed by atoms with Crippen LogP contribution in [0.2, 0.25) is 0 Å². The summed E-state index contributed by atoms with van der Waals surface area (Å²) in [5.41, 5.74) is 5.50. The fraction of sp³-hybridized carbons (Fsp3) is 1.00. The van der Waals surface area contributed by atoms with Crippen LogP contribution in [-0.4, -0.2) is 27.3 Å². The minimum absolute atomic E-state index is 0.0900. The van der Waals surface area contributed by atoms with Gasteiger partial charge in [-0.15, -0.1) is 0 Å². The molecule has 11 heavy (non-hydrogen) atoms. The highest BCUT2D eigenvalue weighted by Crippen LogP contribution is 1.96. The van der Waals surface area contributed by atoms with E-state index in [4.69, 9.17) is 5.73 Å². The monoisotopic (exact) mass is 181 g/mol. The van der Waals surface area contributed by atoms with Crippen molar-refractivity contribution < 1.29 is 12.6 Å². The van der Waals surface area contributed by atoms with Crippen LogP contribution < -0.4 is 5.73 Å². The van der Waals surface area contributed by atoms with Gasteiger partial charge in [0.15, 0.2) is 0 Å². The first-order valence-corrected chi connectivity index (χ1v) is 5.37. The summed E-state index contributed by atoms with van der Waals surface area (Å²) in [5, 5.41) is 0. The van der Waals surface area contributed by atoms with Gasteiger partial charge in [-0.3, -0.25) is 4.18 Å². The Balaban J connectivity index is 3.54. The predicted molar refractivity (Wildman–Crippen MR) is 43.7 cm³/mol. The second-order valence-corrected chi connectivity index (χ2v) is 4.18. The Kier molecular flexibility index (Phi) is 4.63. The van der Waals surface area contributed by atoms with E-state index >= 15 is 0 Å². The third kappa shape index (κ3) is 7.77. The van der Waals surface area contributed by atoms with Gasteiger partial charge in [-0.2, -0.15) is 8.42 Å². The van der Waals surface area contributed by atoms with E-state index in [1.807, 2.05) is 6.92 Å². The Morgan fingerprint density at radius 3 is 2.45 bits per heavy atom. The highest BCUT2D eigenvalue weighted by atomic mass is 32.2. The van der Waals surface area contributed by atoms with Gasteiger partial charge in [0.2, 0.25) is 0 Å². The molecule has 0 amide bonds. The normalized spacial score (nSPS) is 14.8. The molecule has 1 atom stereocenters. The lowest BCUT2D eigenvalue weighted by atomic mass is 10.2. The van der Waals surface area contributed by atoms with Gasteiger partial charge in [0.05, 0.1) is 12.9 Å². The SMILES string of the molecule is CCCC(N)COS(C)(=O)=O. The maximum Gasteiger partial charge on any atom is 0.264 e. The van der Waals surface area contributed by atoms with Crippen LogP contribution in [0, 0.1) is 0 Å². The minimum Gasteiger partial charge on any atom is -0.326 e. The lowest BCUT2D eigenvalue weighted by molar-refractivity contribution is 0.287. The molecule has 1 unspecified atom stereocenters. The van der Waals surface area contributed by atoms with Crippen molar-refractivity contribution in [3.63, 3.8) is 0 Å². The summed E-state index contributed by atoms with van der Waals surface area (Å²) < 4.78 is 25.4. The molecule has 0 spiro atoms. The van der Waals surface area contributed by atoms with Crippen molar-refractivity contribution in [2.24, 2.45) is 5.73 Å². The third-order valence-corrected chi connectivity index (χ3v) is 1.72. The maximum absolute atomic E-state index is 10.5. The summed E-state index contributed by atoms with van der Waals surface area (Å²) in [6, 6.07) is -0.172. The Bertz CT molecular complexity index is 188. The van der Waals surface area contributed by atoms with Crippen LogP contribution >= 0.6 is 0 Å². The molecule has 0 aliphatic heterocycles. The molecule has 5 heteroatoms. The lowest BCUT2D eigenvalue weighted by Crippen LogP contribution is -2.27. The maximum atomic E-state index is 10.5. The molecule has 0 saturated heterocycles.